The highest BCUT2D eigenvalue weighted by molar-refractivity contribution is 5.81. The molecule has 5 nitrogen and oxygen atoms in total. The number of hydrogen-bond donors (Lipinski definition) is 0. The lowest BCUT2D eigenvalue weighted by Crippen LogP contribution is -2.34. The van der Waals surface area contributed by atoms with Crippen LogP contribution >= 0.6 is 0 Å². The van der Waals surface area contributed by atoms with Crippen LogP contribution in [0.15, 0.2) is 35.3 Å². The van der Waals surface area contributed by atoms with Gasteiger partial charge in [0, 0.05) is 23.5 Å². The fourth-order valence-corrected chi connectivity index (χ4v) is 4.91. The second-order valence-corrected chi connectivity index (χ2v) is 9.02. The Morgan fingerprint density at radius 2 is 1.69 bits per heavy atom. The molecule has 2 aliphatic rings. The zero-order valence-corrected chi connectivity index (χ0v) is 17.5. The Hall–Kier alpha value is -2.40. The maximum atomic E-state index is 13.4. The van der Waals surface area contributed by atoms with Crippen LogP contribution in [0.4, 0.5) is 0 Å². The van der Waals surface area contributed by atoms with Gasteiger partial charge in [-0.1, -0.05) is 24.3 Å². The average Bonchev–Trinajstić information content (AvgIpc) is 3.08. The molecule has 1 fully saturated rings. The number of pyridine rings is 1. The lowest BCUT2D eigenvalue weighted by molar-refractivity contribution is 0.309. The summed E-state index contributed by atoms with van der Waals surface area (Å²) in [5.74, 6) is 0. The summed E-state index contributed by atoms with van der Waals surface area (Å²) in [5, 5.41) is 5.96. The van der Waals surface area contributed by atoms with Crippen LogP contribution in [-0.4, -0.2) is 33.3 Å². The van der Waals surface area contributed by atoms with Gasteiger partial charge in [-0.15, -0.1) is 0 Å². The Bertz CT molecular complexity index is 1090. The molecule has 0 spiro atoms. The Morgan fingerprint density at radius 1 is 1.00 bits per heavy atom. The molecule has 0 atom stereocenters. The molecule has 0 amide bonds. The van der Waals surface area contributed by atoms with Crippen LogP contribution in [0, 0.1) is 0 Å². The second kappa shape index (κ2) is 7.45. The van der Waals surface area contributed by atoms with Crippen molar-refractivity contribution in [1.82, 2.24) is 19.2 Å². The van der Waals surface area contributed by atoms with Crippen LogP contribution in [0.2, 0.25) is 0 Å². The maximum absolute atomic E-state index is 13.4. The van der Waals surface area contributed by atoms with Gasteiger partial charge in [-0.05, 0) is 75.7 Å². The third kappa shape index (κ3) is 3.31. The highest BCUT2D eigenvalue weighted by Crippen LogP contribution is 2.35. The van der Waals surface area contributed by atoms with E-state index in [1.807, 2.05) is 6.20 Å². The van der Waals surface area contributed by atoms with Crippen LogP contribution in [0.3, 0.4) is 0 Å². The van der Waals surface area contributed by atoms with Crippen molar-refractivity contribution in [3.8, 4) is 0 Å². The predicted octanol–water partition coefficient (Wildman–Crippen LogP) is 3.91. The van der Waals surface area contributed by atoms with Gasteiger partial charge in [0.2, 0.25) is 0 Å². The molecular formula is C24H30N4O. The Balaban J connectivity index is 1.58. The van der Waals surface area contributed by atoms with Gasteiger partial charge < -0.3 is 4.90 Å². The number of rotatable bonds is 5. The number of benzene rings is 1. The Kier molecular flexibility index (Phi) is 4.78. The minimum absolute atomic E-state index is 0.250. The third-order valence-corrected chi connectivity index (χ3v) is 6.60. The molecule has 3 aromatic rings. The molecule has 2 heterocycles. The first-order valence-electron chi connectivity index (χ1n) is 11.0. The van der Waals surface area contributed by atoms with E-state index in [0.29, 0.717) is 12.6 Å². The number of fused-ring (bicyclic) bond motifs is 3. The van der Waals surface area contributed by atoms with Crippen molar-refractivity contribution in [2.45, 2.75) is 64.1 Å². The second-order valence-electron chi connectivity index (χ2n) is 9.02. The van der Waals surface area contributed by atoms with Crippen LogP contribution in [0.1, 0.15) is 60.4 Å². The molecule has 1 saturated carbocycles. The normalized spacial score (nSPS) is 16.9. The van der Waals surface area contributed by atoms with Gasteiger partial charge in [-0.2, -0.15) is 5.10 Å². The van der Waals surface area contributed by atoms with E-state index in [-0.39, 0.29) is 5.56 Å². The SMILES string of the molecule is CN(C)Cc1ccc(Cn2ncc3c4c(c(=O)n(C5CCC5)c32)CCCC4)cc1. The van der Waals surface area contributed by atoms with Crippen molar-refractivity contribution in [1.29, 1.82) is 0 Å². The molecule has 0 unspecified atom stereocenters. The van der Waals surface area contributed by atoms with Crippen molar-refractivity contribution >= 4 is 11.0 Å². The van der Waals surface area contributed by atoms with E-state index in [1.165, 1.54) is 34.9 Å². The number of nitrogens with zero attached hydrogens (tertiary/aromatic N) is 4. The van der Waals surface area contributed by atoms with Crippen molar-refractivity contribution in [3.63, 3.8) is 0 Å². The molecule has 29 heavy (non-hydrogen) atoms. The van der Waals surface area contributed by atoms with Crippen LogP contribution < -0.4 is 5.56 Å². The zero-order valence-electron chi connectivity index (χ0n) is 17.5. The predicted molar refractivity (Wildman–Crippen MR) is 116 cm³/mol. The summed E-state index contributed by atoms with van der Waals surface area (Å²) >= 11 is 0. The standard InChI is InChI=1S/C24H30N4O/c1-26(2)15-17-10-12-18(13-11-17)16-27-23-22(14-25-27)20-8-3-4-9-21(20)24(29)28(23)19-6-5-7-19/h10-14,19H,3-9,15-16H2,1-2H3. The fourth-order valence-electron chi connectivity index (χ4n) is 4.91. The molecule has 152 valence electrons. The molecule has 0 radical (unpaired) electrons. The van der Waals surface area contributed by atoms with Crippen LogP contribution in [0.25, 0.3) is 11.0 Å². The molecule has 2 aliphatic carbocycles. The van der Waals surface area contributed by atoms with E-state index in [9.17, 15) is 4.79 Å². The van der Waals surface area contributed by atoms with E-state index in [4.69, 9.17) is 5.10 Å². The van der Waals surface area contributed by atoms with Crippen molar-refractivity contribution in [2.75, 3.05) is 14.1 Å². The first-order chi connectivity index (χ1) is 14.1. The maximum Gasteiger partial charge on any atom is 0.255 e. The zero-order chi connectivity index (χ0) is 20.0. The summed E-state index contributed by atoms with van der Waals surface area (Å²) in [6.45, 7) is 1.65. The number of aryl methyl sites for hydroxylation is 1. The summed E-state index contributed by atoms with van der Waals surface area (Å²) < 4.78 is 4.15. The highest BCUT2D eigenvalue weighted by atomic mass is 16.1. The largest absolute Gasteiger partial charge is 0.305 e. The lowest BCUT2D eigenvalue weighted by Gasteiger charge is -2.30. The fraction of sp³-hybridized carbons (Fsp3) is 0.500. The first kappa shape index (κ1) is 18.6. The van der Waals surface area contributed by atoms with E-state index in [1.54, 1.807) is 0 Å². The average molecular weight is 391 g/mol. The summed E-state index contributed by atoms with van der Waals surface area (Å²) in [6.07, 6.45) is 9.69. The van der Waals surface area contributed by atoms with Gasteiger partial charge >= 0.3 is 0 Å². The van der Waals surface area contributed by atoms with Crippen LogP contribution in [0.5, 0.6) is 0 Å². The van der Waals surface area contributed by atoms with Crippen molar-refractivity contribution in [3.05, 3.63) is 63.1 Å². The number of hydrogen-bond acceptors (Lipinski definition) is 3. The molecule has 0 N–H and O–H groups in total. The number of aromatic nitrogens is 3. The first-order valence-corrected chi connectivity index (χ1v) is 11.0. The van der Waals surface area contributed by atoms with Gasteiger partial charge in [0.1, 0.15) is 5.65 Å². The van der Waals surface area contributed by atoms with E-state index >= 15 is 0 Å². The molecule has 2 aromatic heterocycles. The quantitative estimate of drug-likeness (QED) is 0.663. The molecule has 0 saturated heterocycles. The molecule has 5 heteroatoms. The van der Waals surface area contributed by atoms with E-state index < -0.39 is 0 Å². The van der Waals surface area contributed by atoms with Gasteiger partial charge in [0.25, 0.3) is 5.56 Å². The van der Waals surface area contributed by atoms with Crippen molar-refractivity contribution < 1.29 is 0 Å². The third-order valence-electron chi connectivity index (χ3n) is 6.60. The Labute approximate surface area is 171 Å². The molecule has 5 rings (SSSR count). The molecular weight excluding hydrogens is 360 g/mol. The van der Waals surface area contributed by atoms with E-state index in [0.717, 1.165) is 49.9 Å². The minimum atomic E-state index is 0.250. The van der Waals surface area contributed by atoms with Crippen molar-refractivity contribution in [2.24, 2.45) is 0 Å². The molecule has 0 bridgehead atoms. The Morgan fingerprint density at radius 3 is 2.34 bits per heavy atom. The molecule has 1 aromatic carbocycles. The van der Waals surface area contributed by atoms with Gasteiger partial charge in [-0.3, -0.25) is 9.36 Å². The summed E-state index contributed by atoms with van der Waals surface area (Å²) in [6, 6.07) is 9.12. The summed E-state index contributed by atoms with van der Waals surface area (Å²) in [4.78, 5) is 15.6. The minimum Gasteiger partial charge on any atom is -0.305 e. The smallest absolute Gasteiger partial charge is 0.255 e. The van der Waals surface area contributed by atoms with Gasteiger partial charge in [-0.25, -0.2) is 4.68 Å². The summed E-state index contributed by atoms with van der Waals surface area (Å²) in [5.41, 5.74) is 6.15. The lowest BCUT2D eigenvalue weighted by atomic mass is 9.88. The summed E-state index contributed by atoms with van der Waals surface area (Å²) in [7, 11) is 4.17. The van der Waals surface area contributed by atoms with Gasteiger partial charge in [0.15, 0.2) is 0 Å². The molecule has 0 aliphatic heterocycles. The van der Waals surface area contributed by atoms with E-state index in [2.05, 4.69) is 52.5 Å². The van der Waals surface area contributed by atoms with Gasteiger partial charge in [0.05, 0.1) is 12.7 Å². The van der Waals surface area contributed by atoms with Crippen LogP contribution in [-0.2, 0) is 25.9 Å². The highest BCUT2D eigenvalue weighted by Gasteiger charge is 2.28. The monoisotopic (exact) mass is 390 g/mol. The topological polar surface area (TPSA) is 43.1 Å².